The summed E-state index contributed by atoms with van der Waals surface area (Å²) < 4.78 is 0. The zero-order valence-electron chi connectivity index (χ0n) is 10.4. The summed E-state index contributed by atoms with van der Waals surface area (Å²) in [5.41, 5.74) is 5.13. The van der Waals surface area contributed by atoms with E-state index < -0.39 is 5.91 Å². The molecule has 0 radical (unpaired) electrons. The van der Waals surface area contributed by atoms with Gasteiger partial charge in [-0.15, -0.1) is 12.4 Å². The van der Waals surface area contributed by atoms with Gasteiger partial charge >= 0.3 is 0 Å². The fourth-order valence-corrected chi connectivity index (χ4v) is 1.99. The number of carbonyl (C=O) groups is 2. The lowest BCUT2D eigenvalue weighted by atomic mass is 10.1. The van der Waals surface area contributed by atoms with E-state index in [4.69, 9.17) is 5.73 Å². The van der Waals surface area contributed by atoms with Crippen LogP contribution in [-0.2, 0) is 9.59 Å². The summed E-state index contributed by atoms with van der Waals surface area (Å²) in [7, 11) is 0. The molecule has 1 aliphatic heterocycles. The van der Waals surface area contributed by atoms with Gasteiger partial charge in [0.15, 0.2) is 0 Å². The van der Waals surface area contributed by atoms with Crippen molar-refractivity contribution in [3.63, 3.8) is 0 Å². The highest BCUT2D eigenvalue weighted by atomic mass is 35.5. The van der Waals surface area contributed by atoms with Crippen LogP contribution in [0.5, 0.6) is 0 Å². The number of halogens is 1. The minimum absolute atomic E-state index is 0. The molecule has 0 aromatic heterocycles. The number of rotatable bonds is 5. The van der Waals surface area contributed by atoms with Crippen LogP contribution in [0.25, 0.3) is 0 Å². The van der Waals surface area contributed by atoms with Gasteiger partial charge in [0, 0.05) is 18.5 Å². The Kier molecular flexibility index (Phi) is 7.15. The topological polar surface area (TPSA) is 75.4 Å². The van der Waals surface area contributed by atoms with Crippen LogP contribution in [0, 0.1) is 0 Å². The third-order valence-corrected chi connectivity index (χ3v) is 2.85. The van der Waals surface area contributed by atoms with E-state index in [0.717, 1.165) is 19.4 Å². The average molecular weight is 264 g/mol. The second-order valence-corrected chi connectivity index (χ2v) is 4.58. The lowest BCUT2D eigenvalue weighted by Gasteiger charge is -2.26. The quantitative estimate of drug-likeness (QED) is 0.748. The lowest BCUT2D eigenvalue weighted by molar-refractivity contribution is -0.137. The van der Waals surface area contributed by atoms with E-state index in [-0.39, 0.29) is 36.9 Å². The van der Waals surface area contributed by atoms with Crippen LogP contribution >= 0.6 is 12.4 Å². The molecule has 1 heterocycles. The molecule has 0 aromatic carbocycles. The molecule has 1 rings (SSSR count). The third-order valence-electron chi connectivity index (χ3n) is 2.85. The normalized spacial score (nSPS) is 18.9. The number of nitrogens with zero attached hydrogens (tertiary/aromatic N) is 1. The highest BCUT2D eigenvalue weighted by Crippen LogP contribution is 2.11. The first-order valence-corrected chi connectivity index (χ1v) is 5.82. The van der Waals surface area contributed by atoms with E-state index in [1.165, 1.54) is 0 Å². The minimum Gasteiger partial charge on any atom is -0.368 e. The van der Waals surface area contributed by atoms with Gasteiger partial charge in [-0.05, 0) is 33.2 Å². The molecular formula is C11H22ClN3O2. The number of nitrogens with two attached hydrogens (primary N) is 1. The van der Waals surface area contributed by atoms with Crippen molar-refractivity contribution in [2.75, 3.05) is 13.1 Å². The van der Waals surface area contributed by atoms with Gasteiger partial charge in [-0.25, -0.2) is 0 Å². The summed E-state index contributed by atoms with van der Waals surface area (Å²) in [5.74, 6) is -0.449. The number of amides is 2. The molecule has 3 N–H and O–H groups in total. The van der Waals surface area contributed by atoms with Crippen molar-refractivity contribution in [1.82, 2.24) is 10.2 Å². The van der Waals surface area contributed by atoms with Crippen LogP contribution in [0.3, 0.4) is 0 Å². The standard InChI is InChI=1S/C11H21N3O2.ClH/c1-8(2)14(7-10(12)15)11(16)6-9-4-3-5-13-9;/h8-9,13H,3-7H2,1-2H3,(H2,12,15);1H. The van der Waals surface area contributed by atoms with Crippen molar-refractivity contribution in [1.29, 1.82) is 0 Å². The van der Waals surface area contributed by atoms with Crippen molar-refractivity contribution >= 4 is 24.2 Å². The number of hydrogen-bond acceptors (Lipinski definition) is 3. The van der Waals surface area contributed by atoms with E-state index in [9.17, 15) is 9.59 Å². The minimum atomic E-state index is -0.457. The van der Waals surface area contributed by atoms with E-state index in [1.807, 2.05) is 13.8 Å². The predicted molar refractivity (Wildman–Crippen MR) is 68.9 cm³/mol. The van der Waals surface area contributed by atoms with E-state index in [0.29, 0.717) is 6.42 Å². The fraction of sp³-hybridized carbons (Fsp3) is 0.818. The molecule has 1 saturated heterocycles. The van der Waals surface area contributed by atoms with E-state index >= 15 is 0 Å². The second kappa shape index (κ2) is 7.50. The second-order valence-electron chi connectivity index (χ2n) is 4.58. The lowest BCUT2D eigenvalue weighted by Crippen LogP contribution is -2.44. The molecule has 100 valence electrons. The van der Waals surface area contributed by atoms with Crippen molar-refractivity contribution in [2.24, 2.45) is 5.73 Å². The highest BCUT2D eigenvalue weighted by molar-refractivity contribution is 5.85. The summed E-state index contributed by atoms with van der Waals surface area (Å²) in [5, 5.41) is 3.27. The first-order chi connectivity index (χ1) is 7.50. The summed E-state index contributed by atoms with van der Waals surface area (Å²) in [6.07, 6.45) is 2.62. The molecule has 5 nitrogen and oxygen atoms in total. The van der Waals surface area contributed by atoms with E-state index in [2.05, 4.69) is 5.32 Å². The molecule has 0 bridgehead atoms. The molecule has 0 aliphatic carbocycles. The largest absolute Gasteiger partial charge is 0.368 e. The molecule has 1 aliphatic rings. The van der Waals surface area contributed by atoms with Crippen LogP contribution in [0.15, 0.2) is 0 Å². The molecule has 6 heteroatoms. The zero-order chi connectivity index (χ0) is 12.1. The Hall–Kier alpha value is -0.810. The molecular weight excluding hydrogens is 242 g/mol. The Bertz CT molecular complexity index is 265. The Balaban J connectivity index is 0.00000256. The average Bonchev–Trinajstić information content (AvgIpc) is 2.65. The maximum absolute atomic E-state index is 12.0. The summed E-state index contributed by atoms with van der Waals surface area (Å²) in [6, 6.07) is 0.281. The third kappa shape index (κ3) is 5.37. The summed E-state index contributed by atoms with van der Waals surface area (Å²) >= 11 is 0. The fourth-order valence-electron chi connectivity index (χ4n) is 1.99. The number of nitrogens with one attached hydrogen (secondary N) is 1. The Labute approximate surface area is 109 Å². The van der Waals surface area contributed by atoms with Crippen LogP contribution in [0.4, 0.5) is 0 Å². The van der Waals surface area contributed by atoms with Gasteiger partial charge in [0.25, 0.3) is 0 Å². The van der Waals surface area contributed by atoms with Gasteiger partial charge in [0.05, 0.1) is 6.54 Å². The van der Waals surface area contributed by atoms with Gasteiger partial charge in [0.2, 0.25) is 11.8 Å². The van der Waals surface area contributed by atoms with Crippen molar-refractivity contribution in [2.45, 2.75) is 45.2 Å². The summed E-state index contributed by atoms with van der Waals surface area (Å²) in [6.45, 7) is 4.78. The van der Waals surface area contributed by atoms with Crippen molar-refractivity contribution in [3.05, 3.63) is 0 Å². The van der Waals surface area contributed by atoms with Gasteiger partial charge < -0.3 is 16.0 Å². The molecule has 1 fully saturated rings. The van der Waals surface area contributed by atoms with E-state index in [1.54, 1.807) is 4.90 Å². The molecule has 1 atom stereocenters. The van der Waals surface area contributed by atoms with Gasteiger partial charge in [-0.2, -0.15) is 0 Å². The van der Waals surface area contributed by atoms with Gasteiger partial charge in [-0.3, -0.25) is 9.59 Å². The maximum Gasteiger partial charge on any atom is 0.237 e. The molecule has 17 heavy (non-hydrogen) atoms. The number of hydrogen-bond donors (Lipinski definition) is 2. The smallest absolute Gasteiger partial charge is 0.237 e. The molecule has 0 saturated carbocycles. The maximum atomic E-state index is 12.0. The summed E-state index contributed by atoms with van der Waals surface area (Å²) in [4.78, 5) is 24.4. The number of carbonyl (C=O) groups excluding carboxylic acids is 2. The molecule has 2 amide bonds. The molecule has 0 spiro atoms. The Morgan fingerprint density at radius 2 is 2.12 bits per heavy atom. The highest BCUT2D eigenvalue weighted by Gasteiger charge is 2.24. The van der Waals surface area contributed by atoms with Gasteiger partial charge in [0.1, 0.15) is 0 Å². The monoisotopic (exact) mass is 263 g/mol. The first-order valence-electron chi connectivity index (χ1n) is 5.82. The zero-order valence-corrected chi connectivity index (χ0v) is 11.3. The van der Waals surface area contributed by atoms with Crippen molar-refractivity contribution < 1.29 is 9.59 Å². The molecule has 0 aromatic rings. The van der Waals surface area contributed by atoms with Crippen LogP contribution in [-0.4, -0.2) is 41.9 Å². The van der Waals surface area contributed by atoms with Crippen molar-refractivity contribution in [3.8, 4) is 0 Å². The Morgan fingerprint density at radius 3 is 2.53 bits per heavy atom. The predicted octanol–water partition coefficient (Wildman–Crippen LogP) is 0.273. The van der Waals surface area contributed by atoms with Gasteiger partial charge in [-0.1, -0.05) is 0 Å². The van der Waals surface area contributed by atoms with Crippen LogP contribution in [0.2, 0.25) is 0 Å². The Morgan fingerprint density at radius 1 is 1.47 bits per heavy atom. The SMILES string of the molecule is CC(C)N(CC(N)=O)C(=O)CC1CCCN1.Cl. The van der Waals surface area contributed by atoms with Crippen LogP contribution < -0.4 is 11.1 Å². The van der Waals surface area contributed by atoms with Crippen LogP contribution in [0.1, 0.15) is 33.1 Å². The first kappa shape index (κ1) is 16.2. The molecule has 1 unspecified atom stereocenters. The number of primary amides is 1.